The Morgan fingerprint density at radius 1 is 1.57 bits per heavy atom. The predicted octanol–water partition coefficient (Wildman–Crippen LogP) is 3.99. The van der Waals surface area contributed by atoms with Gasteiger partial charge >= 0.3 is 0 Å². The Morgan fingerprint density at radius 2 is 2.14 bits per heavy atom. The first kappa shape index (κ1) is 11.8. The smallest absolute Gasteiger partial charge is 0.0517 e. The Morgan fingerprint density at radius 3 is 2.64 bits per heavy atom. The fraction of sp³-hybridized carbons (Fsp3) is 0.273. The molecule has 0 aliphatic heterocycles. The summed E-state index contributed by atoms with van der Waals surface area (Å²) in [6.07, 6.45) is 0. The molecule has 1 aromatic rings. The molecule has 3 heteroatoms. The Labute approximate surface area is 98.1 Å². The highest BCUT2D eigenvalue weighted by molar-refractivity contribution is 9.10. The van der Waals surface area contributed by atoms with Gasteiger partial charge in [0.2, 0.25) is 0 Å². The highest BCUT2D eigenvalue weighted by Crippen LogP contribution is 2.30. The van der Waals surface area contributed by atoms with Crippen LogP contribution in [0.25, 0.3) is 0 Å². The molecule has 14 heavy (non-hydrogen) atoms. The predicted molar refractivity (Wildman–Crippen MR) is 65.6 cm³/mol. The van der Waals surface area contributed by atoms with Crippen LogP contribution in [0, 0.1) is 6.92 Å². The average Bonchev–Trinajstić information content (AvgIpc) is 2.10. The van der Waals surface area contributed by atoms with Crippen molar-refractivity contribution in [2.45, 2.75) is 19.9 Å². The maximum atomic E-state index is 6.03. The molecule has 1 rings (SSSR count). The molecular weight excluding hydrogens is 261 g/mol. The lowest BCUT2D eigenvalue weighted by Crippen LogP contribution is -2.11. The van der Waals surface area contributed by atoms with E-state index in [9.17, 15) is 0 Å². The van der Waals surface area contributed by atoms with Gasteiger partial charge in [0.1, 0.15) is 0 Å². The Hall–Kier alpha value is -0.310. The highest BCUT2D eigenvalue weighted by Gasteiger charge is 2.12. The van der Waals surface area contributed by atoms with E-state index in [2.05, 4.69) is 22.5 Å². The van der Waals surface area contributed by atoms with Crippen molar-refractivity contribution in [2.24, 2.45) is 5.73 Å². The van der Waals surface area contributed by atoms with Gasteiger partial charge in [-0.15, -0.1) is 0 Å². The van der Waals surface area contributed by atoms with Crippen LogP contribution in [-0.4, -0.2) is 0 Å². The Bertz CT molecular complexity index is 374. The molecule has 0 saturated heterocycles. The number of halogens is 2. The minimum absolute atomic E-state index is 0.164. The first-order chi connectivity index (χ1) is 6.43. The zero-order chi connectivity index (χ0) is 10.9. The van der Waals surface area contributed by atoms with Gasteiger partial charge in [-0.2, -0.15) is 0 Å². The van der Waals surface area contributed by atoms with Crippen LogP contribution < -0.4 is 5.73 Å². The van der Waals surface area contributed by atoms with E-state index in [1.165, 1.54) is 0 Å². The summed E-state index contributed by atoms with van der Waals surface area (Å²) in [6, 6.07) is 3.70. The summed E-state index contributed by atoms with van der Waals surface area (Å²) in [6.45, 7) is 7.70. The monoisotopic (exact) mass is 273 g/mol. The zero-order valence-corrected chi connectivity index (χ0v) is 10.6. The van der Waals surface area contributed by atoms with Crippen LogP contribution in [0.2, 0.25) is 5.02 Å². The summed E-state index contributed by atoms with van der Waals surface area (Å²) >= 11 is 9.50. The van der Waals surface area contributed by atoms with E-state index in [0.29, 0.717) is 0 Å². The normalized spacial score (nSPS) is 12.6. The molecule has 0 spiro atoms. The van der Waals surface area contributed by atoms with Gasteiger partial charge in [-0.1, -0.05) is 39.7 Å². The number of aryl methyl sites for hydroxylation is 1. The second kappa shape index (κ2) is 4.47. The second-order valence-electron chi connectivity index (χ2n) is 3.45. The maximum absolute atomic E-state index is 6.03. The van der Waals surface area contributed by atoms with Crippen LogP contribution in [0.3, 0.4) is 0 Å². The van der Waals surface area contributed by atoms with E-state index in [1.807, 2.05) is 26.0 Å². The molecule has 0 fully saturated rings. The molecule has 0 amide bonds. The minimum Gasteiger partial charge on any atom is -0.321 e. The van der Waals surface area contributed by atoms with Crippen LogP contribution in [0.1, 0.15) is 24.1 Å². The van der Waals surface area contributed by atoms with Crippen LogP contribution >= 0.6 is 27.5 Å². The fourth-order valence-corrected chi connectivity index (χ4v) is 2.04. The van der Waals surface area contributed by atoms with Crippen molar-refractivity contribution in [3.8, 4) is 0 Å². The van der Waals surface area contributed by atoms with Crippen LogP contribution in [0.15, 0.2) is 28.8 Å². The standard InChI is InChI=1S/C11H13BrClN/c1-6(2)11(14)8-5-10(13)7(3)4-9(8)12/h4-5,11H,1,14H2,2-3H3. The molecule has 0 radical (unpaired) electrons. The van der Waals surface area contributed by atoms with Gasteiger partial charge in [0.15, 0.2) is 0 Å². The van der Waals surface area contributed by atoms with Crippen molar-refractivity contribution in [2.75, 3.05) is 0 Å². The molecular formula is C11H13BrClN. The van der Waals surface area contributed by atoms with Crippen LogP contribution in [-0.2, 0) is 0 Å². The van der Waals surface area contributed by atoms with Crippen molar-refractivity contribution >= 4 is 27.5 Å². The quantitative estimate of drug-likeness (QED) is 0.811. The molecule has 1 nitrogen and oxygen atoms in total. The van der Waals surface area contributed by atoms with Gasteiger partial charge in [-0.3, -0.25) is 0 Å². The first-order valence-corrected chi connectivity index (χ1v) is 5.47. The third kappa shape index (κ3) is 2.38. The number of hydrogen-bond acceptors (Lipinski definition) is 1. The van der Waals surface area contributed by atoms with Crippen molar-refractivity contribution in [1.82, 2.24) is 0 Å². The third-order valence-corrected chi connectivity index (χ3v) is 3.24. The van der Waals surface area contributed by atoms with Crippen LogP contribution in [0.4, 0.5) is 0 Å². The molecule has 1 atom stereocenters. The van der Waals surface area contributed by atoms with Gasteiger partial charge in [0.25, 0.3) is 0 Å². The first-order valence-electron chi connectivity index (χ1n) is 4.30. The summed E-state index contributed by atoms with van der Waals surface area (Å²) in [7, 11) is 0. The molecule has 0 saturated carbocycles. The van der Waals surface area contributed by atoms with Gasteiger partial charge in [0, 0.05) is 9.50 Å². The summed E-state index contributed by atoms with van der Waals surface area (Å²) in [5.74, 6) is 0. The van der Waals surface area contributed by atoms with E-state index in [4.69, 9.17) is 17.3 Å². The van der Waals surface area contributed by atoms with E-state index >= 15 is 0 Å². The summed E-state index contributed by atoms with van der Waals surface area (Å²) < 4.78 is 0.981. The number of hydrogen-bond donors (Lipinski definition) is 1. The molecule has 0 aliphatic rings. The summed E-state index contributed by atoms with van der Waals surface area (Å²) in [4.78, 5) is 0. The lowest BCUT2D eigenvalue weighted by Gasteiger charge is -2.15. The second-order valence-corrected chi connectivity index (χ2v) is 4.71. The van der Waals surface area contributed by atoms with E-state index in [0.717, 1.165) is 26.2 Å². The molecule has 1 unspecified atom stereocenters. The van der Waals surface area contributed by atoms with E-state index in [1.54, 1.807) is 0 Å². The van der Waals surface area contributed by atoms with Gasteiger partial charge in [0.05, 0.1) is 6.04 Å². The lowest BCUT2D eigenvalue weighted by molar-refractivity contribution is 0.845. The van der Waals surface area contributed by atoms with Gasteiger partial charge < -0.3 is 5.73 Å². The lowest BCUT2D eigenvalue weighted by atomic mass is 10.0. The van der Waals surface area contributed by atoms with Crippen molar-refractivity contribution in [1.29, 1.82) is 0 Å². The van der Waals surface area contributed by atoms with E-state index in [-0.39, 0.29) is 6.04 Å². The molecule has 2 N–H and O–H groups in total. The van der Waals surface area contributed by atoms with Crippen molar-refractivity contribution < 1.29 is 0 Å². The summed E-state index contributed by atoms with van der Waals surface area (Å²) in [5.41, 5.74) is 8.91. The topological polar surface area (TPSA) is 26.0 Å². The molecule has 0 bridgehead atoms. The number of rotatable bonds is 2. The van der Waals surface area contributed by atoms with Gasteiger partial charge in [-0.05, 0) is 37.1 Å². The Balaban J connectivity index is 3.22. The third-order valence-electron chi connectivity index (χ3n) is 2.14. The van der Waals surface area contributed by atoms with Crippen molar-refractivity contribution in [3.63, 3.8) is 0 Å². The average molecular weight is 275 g/mol. The maximum Gasteiger partial charge on any atom is 0.0517 e. The molecule has 1 aromatic carbocycles. The zero-order valence-electron chi connectivity index (χ0n) is 8.27. The fourth-order valence-electron chi connectivity index (χ4n) is 1.17. The highest BCUT2D eigenvalue weighted by atomic mass is 79.9. The minimum atomic E-state index is -0.164. The van der Waals surface area contributed by atoms with E-state index < -0.39 is 0 Å². The van der Waals surface area contributed by atoms with Gasteiger partial charge in [-0.25, -0.2) is 0 Å². The molecule has 0 aliphatic carbocycles. The van der Waals surface area contributed by atoms with Crippen molar-refractivity contribution in [3.05, 3.63) is 44.9 Å². The number of nitrogens with two attached hydrogens (primary N) is 1. The molecule has 0 aromatic heterocycles. The number of benzene rings is 1. The summed E-state index contributed by atoms with van der Waals surface area (Å²) in [5, 5.41) is 0.736. The van der Waals surface area contributed by atoms with Crippen LogP contribution in [0.5, 0.6) is 0 Å². The largest absolute Gasteiger partial charge is 0.321 e. The molecule has 0 heterocycles. The Kier molecular flexibility index (Phi) is 3.76. The SMILES string of the molecule is C=C(C)C(N)c1cc(Cl)c(C)cc1Br. The molecule has 76 valence electrons.